The van der Waals surface area contributed by atoms with Gasteiger partial charge in [-0.25, -0.2) is 0 Å². The van der Waals surface area contributed by atoms with Crippen molar-refractivity contribution in [3.8, 4) is 5.75 Å². The fraction of sp³-hybridized carbons (Fsp3) is 0.500. The SMILES string of the molecule is COc1cccc2c1CN(CCc1c(C)nn(C)c1C)C2CN. The molecule has 0 radical (unpaired) electrons. The van der Waals surface area contributed by atoms with Crippen molar-refractivity contribution in [2.24, 2.45) is 12.8 Å². The third kappa shape index (κ3) is 2.75. The Balaban J connectivity index is 1.79. The van der Waals surface area contributed by atoms with Gasteiger partial charge in [-0.3, -0.25) is 9.58 Å². The van der Waals surface area contributed by atoms with E-state index >= 15 is 0 Å². The molecule has 2 aromatic rings. The molecule has 1 atom stereocenters. The molecule has 5 nitrogen and oxygen atoms in total. The first-order chi connectivity index (χ1) is 11.1. The van der Waals surface area contributed by atoms with Crippen LogP contribution >= 0.6 is 0 Å². The summed E-state index contributed by atoms with van der Waals surface area (Å²) in [5.74, 6) is 0.970. The molecule has 1 aromatic carbocycles. The minimum Gasteiger partial charge on any atom is -0.496 e. The predicted molar refractivity (Wildman–Crippen MR) is 91.6 cm³/mol. The third-order valence-electron chi connectivity index (χ3n) is 5.08. The van der Waals surface area contributed by atoms with Gasteiger partial charge in [0.1, 0.15) is 5.75 Å². The van der Waals surface area contributed by atoms with E-state index in [1.807, 2.05) is 17.8 Å². The predicted octanol–water partition coefficient (Wildman–Crippen LogP) is 2.10. The van der Waals surface area contributed by atoms with E-state index in [0.29, 0.717) is 6.54 Å². The second kappa shape index (κ2) is 6.34. The van der Waals surface area contributed by atoms with Gasteiger partial charge in [-0.05, 0) is 37.5 Å². The Hall–Kier alpha value is -1.85. The lowest BCUT2D eigenvalue weighted by Gasteiger charge is -2.23. The van der Waals surface area contributed by atoms with Gasteiger partial charge in [0.25, 0.3) is 0 Å². The van der Waals surface area contributed by atoms with E-state index in [1.54, 1.807) is 7.11 Å². The number of benzene rings is 1. The molecule has 3 rings (SSSR count). The normalized spacial score (nSPS) is 17.5. The number of fused-ring (bicyclic) bond motifs is 1. The van der Waals surface area contributed by atoms with Crippen LogP contribution in [0.4, 0.5) is 0 Å². The highest BCUT2D eigenvalue weighted by Gasteiger charge is 2.31. The highest BCUT2D eigenvalue weighted by Crippen LogP contribution is 2.38. The van der Waals surface area contributed by atoms with Gasteiger partial charge in [0.05, 0.1) is 12.8 Å². The minimum absolute atomic E-state index is 0.275. The van der Waals surface area contributed by atoms with E-state index in [2.05, 4.69) is 36.0 Å². The Morgan fingerprint density at radius 3 is 2.74 bits per heavy atom. The smallest absolute Gasteiger partial charge is 0.123 e. The number of ether oxygens (including phenoxy) is 1. The zero-order valence-corrected chi connectivity index (χ0v) is 14.5. The van der Waals surface area contributed by atoms with Gasteiger partial charge in [0, 0.05) is 44.0 Å². The summed E-state index contributed by atoms with van der Waals surface area (Å²) >= 11 is 0. The number of aryl methyl sites for hydroxylation is 2. The standard InChI is InChI=1S/C18H26N4O/c1-12-14(13(2)21(3)20-12)8-9-22-11-16-15(17(22)10-19)6-5-7-18(16)23-4/h5-7,17H,8-11,19H2,1-4H3. The first kappa shape index (κ1) is 16.0. The van der Waals surface area contributed by atoms with Crippen LogP contribution in [0.5, 0.6) is 5.75 Å². The summed E-state index contributed by atoms with van der Waals surface area (Å²) in [4.78, 5) is 2.46. The summed E-state index contributed by atoms with van der Waals surface area (Å²) in [7, 11) is 3.74. The molecule has 1 aliphatic rings. The second-order valence-electron chi connectivity index (χ2n) is 6.27. The van der Waals surface area contributed by atoms with Crippen molar-refractivity contribution >= 4 is 0 Å². The van der Waals surface area contributed by atoms with Crippen LogP contribution in [0.1, 0.15) is 34.1 Å². The molecule has 0 fully saturated rings. The topological polar surface area (TPSA) is 56.3 Å². The van der Waals surface area contributed by atoms with Crippen molar-refractivity contribution < 1.29 is 4.74 Å². The zero-order chi connectivity index (χ0) is 16.6. The minimum atomic E-state index is 0.275. The summed E-state index contributed by atoms with van der Waals surface area (Å²) in [6.45, 7) is 6.74. The van der Waals surface area contributed by atoms with E-state index < -0.39 is 0 Å². The largest absolute Gasteiger partial charge is 0.496 e. The lowest BCUT2D eigenvalue weighted by Crippen LogP contribution is -2.29. The van der Waals surface area contributed by atoms with Crippen LogP contribution in [0.25, 0.3) is 0 Å². The third-order valence-corrected chi connectivity index (χ3v) is 5.08. The van der Waals surface area contributed by atoms with Gasteiger partial charge in [0.15, 0.2) is 0 Å². The Labute approximate surface area is 138 Å². The first-order valence-electron chi connectivity index (χ1n) is 8.15. The zero-order valence-electron chi connectivity index (χ0n) is 14.5. The Bertz CT molecular complexity index is 707. The number of rotatable bonds is 5. The molecule has 124 valence electrons. The summed E-state index contributed by atoms with van der Waals surface area (Å²) in [6.07, 6.45) is 0.998. The van der Waals surface area contributed by atoms with Crippen molar-refractivity contribution in [2.75, 3.05) is 20.2 Å². The number of hydrogen-bond donors (Lipinski definition) is 1. The van der Waals surface area contributed by atoms with Gasteiger partial charge < -0.3 is 10.5 Å². The van der Waals surface area contributed by atoms with E-state index in [9.17, 15) is 0 Å². The number of nitrogens with zero attached hydrogens (tertiary/aromatic N) is 3. The summed E-state index contributed by atoms with van der Waals surface area (Å²) < 4.78 is 7.49. The summed E-state index contributed by atoms with van der Waals surface area (Å²) in [6, 6.07) is 6.54. The van der Waals surface area contributed by atoms with Crippen molar-refractivity contribution in [2.45, 2.75) is 32.9 Å². The number of hydrogen-bond acceptors (Lipinski definition) is 4. The number of nitrogens with two attached hydrogens (primary N) is 1. The molecule has 0 bridgehead atoms. The fourth-order valence-corrected chi connectivity index (χ4v) is 3.71. The summed E-state index contributed by atoms with van der Waals surface area (Å²) in [5, 5.41) is 4.52. The Kier molecular flexibility index (Phi) is 4.41. The molecule has 2 N–H and O–H groups in total. The van der Waals surface area contributed by atoms with Gasteiger partial charge in [0.2, 0.25) is 0 Å². The first-order valence-corrected chi connectivity index (χ1v) is 8.15. The monoisotopic (exact) mass is 314 g/mol. The van der Waals surface area contributed by atoms with Gasteiger partial charge in [-0.15, -0.1) is 0 Å². The van der Waals surface area contributed by atoms with Gasteiger partial charge in [-0.1, -0.05) is 12.1 Å². The highest BCUT2D eigenvalue weighted by molar-refractivity contribution is 5.45. The quantitative estimate of drug-likeness (QED) is 0.918. The maximum Gasteiger partial charge on any atom is 0.123 e. The molecule has 0 saturated heterocycles. The molecule has 0 aliphatic carbocycles. The van der Waals surface area contributed by atoms with Gasteiger partial charge in [-0.2, -0.15) is 5.10 Å². The van der Waals surface area contributed by atoms with Crippen molar-refractivity contribution in [3.05, 3.63) is 46.3 Å². The maximum atomic E-state index is 6.06. The molecule has 1 unspecified atom stereocenters. The molecule has 1 aromatic heterocycles. The Morgan fingerprint density at radius 2 is 2.13 bits per heavy atom. The lowest BCUT2D eigenvalue weighted by molar-refractivity contribution is 0.221. The van der Waals surface area contributed by atoms with Crippen molar-refractivity contribution in [1.82, 2.24) is 14.7 Å². The average molecular weight is 314 g/mol. The van der Waals surface area contributed by atoms with E-state index in [-0.39, 0.29) is 6.04 Å². The molecule has 0 amide bonds. The maximum absolute atomic E-state index is 6.06. The molecule has 5 heteroatoms. The fourth-order valence-electron chi connectivity index (χ4n) is 3.71. The van der Waals surface area contributed by atoms with E-state index in [4.69, 9.17) is 10.5 Å². The molecule has 0 saturated carbocycles. The second-order valence-corrected chi connectivity index (χ2v) is 6.27. The van der Waals surface area contributed by atoms with E-state index in [1.165, 1.54) is 22.4 Å². The van der Waals surface area contributed by atoms with Crippen LogP contribution in [-0.4, -0.2) is 34.9 Å². The van der Waals surface area contributed by atoms with Crippen molar-refractivity contribution in [3.63, 3.8) is 0 Å². The average Bonchev–Trinajstić information content (AvgIpc) is 3.02. The van der Waals surface area contributed by atoms with Crippen LogP contribution in [0.15, 0.2) is 18.2 Å². The van der Waals surface area contributed by atoms with E-state index in [0.717, 1.165) is 31.0 Å². The number of methoxy groups -OCH3 is 1. The van der Waals surface area contributed by atoms with Gasteiger partial charge >= 0.3 is 0 Å². The van der Waals surface area contributed by atoms with Crippen LogP contribution in [0.2, 0.25) is 0 Å². The van der Waals surface area contributed by atoms with Crippen LogP contribution < -0.4 is 10.5 Å². The molecular weight excluding hydrogens is 288 g/mol. The molecule has 0 spiro atoms. The molecule has 23 heavy (non-hydrogen) atoms. The molecular formula is C18H26N4O. The highest BCUT2D eigenvalue weighted by atomic mass is 16.5. The molecule has 2 heterocycles. The lowest BCUT2D eigenvalue weighted by atomic mass is 10.0. The summed E-state index contributed by atoms with van der Waals surface area (Å²) in [5.41, 5.74) is 12.4. The molecule has 1 aliphatic heterocycles. The Morgan fingerprint density at radius 1 is 1.35 bits per heavy atom. The number of aromatic nitrogens is 2. The van der Waals surface area contributed by atoms with Crippen molar-refractivity contribution in [1.29, 1.82) is 0 Å². The van der Waals surface area contributed by atoms with Crippen LogP contribution in [-0.2, 0) is 20.0 Å². The van der Waals surface area contributed by atoms with Crippen LogP contribution in [0.3, 0.4) is 0 Å². The van der Waals surface area contributed by atoms with Crippen LogP contribution in [0, 0.1) is 13.8 Å².